The van der Waals surface area contributed by atoms with Gasteiger partial charge in [-0.3, -0.25) is 14.8 Å². The Bertz CT molecular complexity index is 400. The SMILES string of the molecule is CCNC(CC)Cc1c([N+](=O)[O-])c(C)nn1C. The van der Waals surface area contributed by atoms with Crippen LogP contribution in [0.2, 0.25) is 0 Å². The zero-order chi connectivity index (χ0) is 13.0. The second-order valence-electron chi connectivity index (χ2n) is 4.13. The van der Waals surface area contributed by atoms with Crippen LogP contribution in [0.25, 0.3) is 0 Å². The molecule has 1 heterocycles. The van der Waals surface area contributed by atoms with E-state index in [1.165, 1.54) is 0 Å². The number of nitro groups is 1. The molecule has 0 saturated heterocycles. The predicted molar refractivity (Wildman–Crippen MR) is 66.1 cm³/mol. The molecule has 0 aliphatic heterocycles. The second-order valence-corrected chi connectivity index (χ2v) is 4.13. The van der Waals surface area contributed by atoms with Gasteiger partial charge in [-0.25, -0.2) is 0 Å². The van der Waals surface area contributed by atoms with Gasteiger partial charge >= 0.3 is 5.69 Å². The summed E-state index contributed by atoms with van der Waals surface area (Å²) in [4.78, 5) is 10.7. The van der Waals surface area contributed by atoms with Crippen LogP contribution in [0.3, 0.4) is 0 Å². The van der Waals surface area contributed by atoms with Crippen molar-refractivity contribution in [3.63, 3.8) is 0 Å². The molecule has 1 aromatic heterocycles. The average molecular weight is 240 g/mol. The Hall–Kier alpha value is -1.43. The minimum Gasteiger partial charge on any atom is -0.314 e. The molecule has 1 aromatic rings. The Kier molecular flexibility index (Phi) is 4.62. The molecule has 0 fully saturated rings. The van der Waals surface area contributed by atoms with Crippen LogP contribution < -0.4 is 5.32 Å². The Balaban J connectivity index is 3.00. The lowest BCUT2D eigenvalue weighted by atomic mass is 10.1. The van der Waals surface area contributed by atoms with Gasteiger partial charge in [0.15, 0.2) is 0 Å². The quantitative estimate of drug-likeness (QED) is 0.605. The van der Waals surface area contributed by atoms with Crippen molar-refractivity contribution in [3.8, 4) is 0 Å². The fourth-order valence-corrected chi connectivity index (χ4v) is 2.04. The van der Waals surface area contributed by atoms with Crippen LogP contribution >= 0.6 is 0 Å². The van der Waals surface area contributed by atoms with Crippen molar-refractivity contribution in [1.82, 2.24) is 15.1 Å². The maximum atomic E-state index is 11.0. The summed E-state index contributed by atoms with van der Waals surface area (Å²) in [6.07, 6.45) is 1.58. The molecule has 0 aliphatic carbocycles. The van der Waals surface area contributed by atoms with Crippen molar-refractivity contribution in [2.45, 2.75) is 39.7 Å². The van der Waals surface area contributed by atoms with Gasteiger partial charge in [0.1, 0.15) is 11.4 Å². The molecule has 17 heavy (non-hydrogen) atoms. The largest absolute Gasteiger partial charge is 0.314 e. The highest BCUT2D eigenvalue weighted by Gasteiger charge is 2.25. The fourth-order valence-electron chi connectivity index (χ4n) is 2.04. The van der Waals surface area contributed by atoms with Gasteiger partial charge in [-0.15, -0.1) is 0 Å². The Labute approximate surface area is 101 Å². The molecule has 0 spiro atoms. The van der Waals surface area contributed by atoms with Crippen LogP contribution in [0, 0.1) is 17.0 Å². The lowest BCUT2D eigenvalue weighted by Crippen LogP contribution is -2.31. The van der Waals surface area contributed by atoms with E-state index in [1.54, 1.807) is 18.7 Å². The van der Waals surface area contributed by atoms with Crippen molar-refractivity contribution >= 4 is 5.69 Å². The third-order valence-electron chi connectivity index (χ3n) is 2.91. The zero-order valence-corrected chi connectivity index (χ0v) is 10.9. The first-order chi connectivity index (χ1) is 8.01. The summed E-state index contributed by atoms with van der Waals surface area (Å²) in [6.45, 7) is 6.65. The molecule has 0 saturated carbocycles. The van der Waals surface area contributed by atoms with Gasteiger partial charge in [-0.2, -0.15) is 5.10 Å². The molecule has 0 radical (unpaired) electrons. The molecule has 1 rings (SSSR count). The summed E-state index contributed by atoms with van der Waals surface area (Å²) in [7, 11) is 1.76. The number of hydrogen-bond donors (Lipinski definition) is 1. The summed E-state index contributed by atoms with van der Waals surface area (Å²) in [6, 6.07) is 0.258. The molecule has 0 amide bonds. The number of hydrogen-bond acceptors (Lipinski definition) is 4. The van der Waals surface area contributed by atoms with Crippen LogP contribution in [0.15, 0.2) is 0 Å². The first-order valence-corrected chi connectivity index (χ1v) is 5.91. The van der Waals surface area contributed by atoms with Gasteiger partial charge in [0.25, 0.3) is 0 Å². The van der Waals surface area contributed by atoms with Crippen molar-refractivity contribution in [3.05, 3.63) is 21.5 Å². The molecular formula is C11H20N4O2. The lowest BCUT2D eigenvalue weighted by Gasteiger charge is -2.15. The van der Waals surface area contributed by atoms with E-state index in [9.17, 15) is 10.1 Å². The van der Waals surface area contributed by atoms with Gasteiger partial charge in [0, 0.05) is 19.5 Å². The van der Waals surface area contributed by atoms with Crippen molar-refractivity contribution < 1.29 is 4.92 Å². The van der Waals surface area contributed by atoms with E-state index >= 15 is 0 Å². The molecule has 0 aliphatic rings. The number of likely N-dealkylation sites (N-methyl/N-ethyl adjacent to an activating group) is 1. The Morgan fingerprint density at radius 1 is 1.53 bits per heavy atom. The monoisotopic (exact) mass is 240 g/mol. The third kappa shape index (κ3) is 3.03. The van der Waals surface area contributed by atoms with Crippen molar-refractivity contribution in [2.24, 2.45) is 7.05 Å². The fraction of sp³-hybridized carbons (Fsp3) is 0.727. The smallest absolute Gasteiger partial charge is 0.313 e. The van der Waals surface area contributed by atoms with E-state index in [0.717, 1.165) is 13.0 Å². The highest BCUT2D eigenvalue weighted by Crippen LogP contribution is 2.23. The minimum absolute atomic E-state index is 0.156. The number of rotatable bonds is 6. The molecule has 6 nitrogen and oxygen atoms in total. The minimum atomic E-state index is -0.337. The van der Waals surface area contributed by atoms with E-state index in [1.807, 2.05) is 6.92 Å². The molecule has 1 N–H and O–H groups in total. The highest BCUT2D eigenvalue weighted by molar-refractivity contribution is 5.40. The van der Waals surface area contributed by atoms with Crippen LogP contribution in [0.4, 0.5) is 5.69 Å². The van der Waals surface area contributed by atoms with Gasteiger partial charge in [-0.05, 0) is 19.9 Å². The summed E-state index contributed by atoms with van der Waals surface area (Å²) in [5.41, 5.74) is 1.34. The van der Waals surface area contributed by atoms with Crippen LogP contribution in [0.5, 0.6) is 0 Å². The summed E-state index contributed by atoms with van der Waals surface area (Å²) >= 11 is 0. The molecule has 1 unspecified atom stereocenters. The van der Waals surface area contributed by atoms with E-state index < -0.39 is 0 Å². The standard InChI is InChI=1S/C11H20N4O2/c1-5-9(12-6-2)7-10-11(15(16)17)8(3)13-14(10)4/h9,12H,5-7H2,1-4H3. The zero-order valence-electron chi connectivity index (χ0n) is 10.9. The third-order valence-corrected chi connectivity index (χ3v) is 2.91. The van der Waals surface area contributed by atoms with Gasteiger partial charge in [0.2, 0.25) is 0 Å². The highest BCUT2D eigenvalue weighted by atomic mass is 16.6. The molecular weight excluding hydrogens is 220 g/mol. The molecule has 1 atom stereocenters. The molecule has 96 valence electrons. The first kappa shape index (κ1) is 13.6. The van der Waals surface area contributed by atoms with Crippen LogP contribution in [-0.4, -0.2) is 27.3 Å². The summed E-state index contributed by atoms with van der Waals surface area (Å²) in [5, 5.41) is 18.5. The van der Waals surface area contributed by atoms with Gasteiger partial charge in [0.05, 0.1) is 4.92 Å². The predicted octanol–water partition coefficient (Wildman–Crippen LogP) is 1.57. The Morgan fingerprint density at radius 2 is 2.18 bits per heavy atom. The maximum Gasteiger partial charge on any atom is 0.313 e. The number of nitrogens with zero attached hydrogens (tertiary/aromatic N) is 3. The summed E-state index contributed by atoms with van der Waals surface area (Å²) < 4.78 is 1.62. The van der Waals surface area contributed by atoms with E-state index in [-0.39, 0.29) is 16.7 Å². The maximum absolute atomic E-state index is 11.0. The number of aromatic nitrogens is 2. The topological polar surface area (TPSA) is 73.0 Å². The first-order valence-electron chi connectivity index (χ1n) is 5.91. The molecule has 6 heteroatoms. The van der Waals surface area contributed by atoms with Crippen molar-refractivity contribution in [1.29, 1.82) is 0 Å². The van der Waals surface area contributed by atoms with E-state index in [4.69, 9.17) is 0 Å². The van der Waals surface area contributed by atoms with Gasteiger partial charge in [-0.1, -0.05) is 13.8 Å². The van der Waals surface area contributed by atoms with E-state index in [0.29, 0.717) is 17.8 Å². The Morgan fingerprint density at radius 3 is 2.65 bits per heavy atom. The van der Waals surface area contributed by atoms with Crippen molar-refractivity contribution in [2.75, 3.05) is 6.54 Å². The average Bonchev–Trinajstić information content (AvgIpc) is 2.53. The molecule has 0 aromatic carbocycles. The molecule has 0 bridgehead atoms. The van der Waals surface area contributed by atoms with E-state index in [2.05, 4.69) is 17.3 Å². The number of aryl methyl sites for hydroxylation is 2. The van der Waals surface area contributed by atoms with Crippen LogP contribution in [0.1, 0.15) is 31.7 Å². The number of nitrogens with one attached hydrogen (secondary N) is 1. The van der Waals surface area contributed by atoms with Gasteiger partial charge < -0.3 is 5.32 Å². The lowest BCUT2D eigenvalue weighted by molar-refractivity contribution is -0.386. The van der Waals surface area contributed by atoms with Crippen LogP contribution in [-0.2, 0) is 13.5 Å². The summed E-state index contributed by atoms with van der Waals surface area (Å²) in [5.74, 6) is 0. The normalized spacial score (nSPS) is 12.7. The second kappa shape index (κ2) is 5.77.